The van der Waals surface area contributed by atoms with Gasteiger partial charge in [-0.25, -0.2) is 0 Å². The van der Waals surface area contributed by atoms with Crippen molar-refractivity contribution in [3.05, 3.63) is 11.7 Å². The van der Waals surface area contributed by atoms with E-state index < -0.39 is 0 Å². The maximum absolute atomic E-state index is 8.74. The van der Waals surface area contributed by atoms with Gasteiger partial charge in [-0.05, 0) is 26.9 Å². The van der Waals surface area contributed by atoms with E-state index in [4.69, 9.17) is 9.63 Å². The third-order valence-corrected chi connectivity index (χ3v) is 3.43. The number of aliphatic hydroxyl groups excluding tert-OH is 1. The zero-order chi connectivity index (χ0) is 13.0. The van der Waals surface area contributed by atoms with Gasteiger partial charge in [-0.1, -0.05) is 5.16 Å². The number of unbranched alkanes of at least 4 members (excludes halogenated alkanes) is 1. The molecule has 1 aromatic heterocycles. The Morgan fingerprint density at radius 2 is 2.17 bits per heavy atom. The normalized spacial score (nSPS) is 22.5. The number of hydrogen-bond donors (Lipinski definition) is 1. The summed E-state index contributed by atoms with van der Waals surface area (Å²) in [6, 6.07) is 0.221. The zero-order valence-corrected chi connectivity index (χ0v) is 11.2. The summed E-state index contributed by atoms with van der Waals surface area (Å²) in [7, 11) is 4.21. The Morgan fingerprint density at radius 3 is 2.94 bits per heavy atom. The Labute approximate surface area is 108 Å². The van der Waals surface area contributed by atoms with Crippen molar-refractivity contribution >= 4 is 0 Å². The second-order valence-electron chi connectivity index (χ2n) is 4.99. The van der Waals surface area contributed by atoms with Gasteiger partial charge in [0.1, 0.15) is 0 Å². The molecule has 1 aromatic rings. The van der Waals surface area contributed by atoms with Crippen LogP contribution in [0.5, 0.6) is 0 Å². The molecule has 2 heterocycles. The highest BCUT2D eigenvalue weighted by Gasteiger charge is 2.27. The van der Waals surface area contributed by atoms with Gasteiger partial charge in [0.2, 0.25) is 5.89 Å². The first-order chi connectivity index (χ1) is 8.70. The van der Waals surface area contributed by atoms with E-state index in [1.807, 2.05) is 0 Å². The minimum atomic E-state index is 0.219. The summed E-state index contributed by atoms with van der Waals surface area (Å²) in [4.78, 5) is 9.01. The highest BCUT2D eigenvalue weighted by Crippen LogP contribution is 2.21. The summed E-state index contributed by atoms with van der Waals surface area (Å²) in [5, 5.41) is 12.8. The first kappa shape index (κ1) is 13.5. The van der Waals surface area contributed by atoms with Crippen molar-refractivity contribution in [2.24, 2.45) is 0 Å². The molecule has 1 unspecified atom stereocenters. The minimum absolute atomic E-state index is 0.219. The van der Waals surface area contributed by atoms with Gasteiger partial charge in [-0.3, -0.25) is 4.90 Å². The average Bonchev–Trinajstić information content (AvgIpc) is 2.81. The first-order valence-electron chi connectivity index (χ1n) is 6.53. The van der Waals surface area contributed by atoms with Crippen molar-refractivity contribution in [2.45, 2.75) is 25.3 Å². The van der Waals surface area contributed by atoms with Gasteiger partial charge in [0.05, 0.1) is 6.04 Å². The lowest BCUT2D eigenvalue weighted by atomic mass is 10.2. The Hall–Kier alpha value is -0.980. The van der Waals surface area contributed by atoms with Crippen molar-refractivity contribution < 1.29 is 9.63 Å². The molecule has 1 N–H and O–H groups in total. The van der Waals surface area contributed by atoms with Crippen LogP contribution >= 0.6 is 0 Å². The van der Waals surface area contributed by atoms with Gasteiger partial charge >= 0.3 is 0 Å². The van der Waals surface area contributed by atoms with Crippen LogP contribution in [-0.4, -0.2) is 65.4 Å². The molecule has 1 saturated heterocycles. The molecule has 102 valence electrons. The quantitative estimate of drug-likeness (QED) is 0.763. The van der Waals surface area contributed by atoms with Crippen LogP contribution in [0.3, 0.4) is 0 Å². The van der Waals surface area contributed by atoms with Crippen LogP contribution in [0.2, 0.25) is 0 Å². The molecule has 0 radical (unpaired) electrons. The molecule has 18 heavy (non-hydrogen) atoms. The predicted octanol–water partition coefficient (Wildman–Crippen LogP) is 0.303. The number of nitrogens with zero attached hydrogens (tertiary/aromatic N) is 4. The second-order valence-corrected chi connectivity index (χ2v) is 4.99. The van der Waals surface area contributed by atoms with Gasteiger partial charge in [-0.15, -0.1) is 0 Å². The number of rotatable bonds is 5. The van der Waals surface area contributed by atoms with Crippen molar-refractivity contribution in [3.8, 4) is 0 Å². The molecular formula is C12H22N4O2. The monoisotopic (exact) mass is 254 g/mol. The molecule has 1 aliphatic heterocycles. The lowest BCUT2D eigenvalue weighted by Gasteiger charge is -2.35. The summed E-state index contributed by atoms with van der Waals surface area (Å²) >= 11 is 0. The van der Waals surface area contributed by atoms with Crippen LogP contribution in [0.25, 0.3) is 0 Å². The molecular weight excluding hydrogens is 232 g/mol. The number of likely N-dealkylation sites (N-methyl/N-ethyl adjacent to an activating group) is 2. The van der Waals surface area contributed by atoms with Crippen LogP contribution in [0.15, 0.2) is 4.52 Å². The molecule has 0 aromatic carbocycles. The third-order valence-electron chi connectivity index (χ3n) is 3.43. The molecule has 1 atom stereocenters. The lowest BCUT2D eigenvalue weighted by Crippen LogP contribution is -2.45. The molecule has 1 fully saturated rings. The SMILES string of the molecule is CN1CCN(C)C(c2noc(CCCCO)n2)C1. The van der Waals surface area contributed by atoms with Gasteiger partial charge in [0, 0.05) is 32.7 Å². The number of aromatic nitrogens is 2. The maximum Gasteiger partial charge on any atom is 0.226 e. The molecule has 1 aliphatic rings. The van der Waals surface area contributed by atoms with E-state index in [1.165, 1.54) is 0 Å². The summed E-state index contributed by atoms with van der Waals surface area (Å²) in [5.74, 6) is 1.46. The van der Waals surface area contributed by atoms with Crippen LogP contribution < -0.4 is 0 Å². The van der Waals surface area contributed by atoms with Crippen LogP contribution in [0.1, 0.15) is 30.6 Å². The summed E-state index contributed by atoms with van der Waals surface area (Å²) in [6.45, 7) is 3.26. The molecule has 0 spiro atoms. The summed E-state index contributed by atoms with van der Waals surface area (Å²) in [6.07, 6.45) is 2.42. The van der Waals surface area contributed by atoms with Crippen LogP contribution in [0, 0.1) is 0 Å². The highest BCUT2D eigenvalue weighted by molar-refractivity contribution is 4.98. The largest absolute Gasteiger partial charge is 0.396 e. The van der Waals surface area contributed by atoms with Gasteiger partial charge in [0.15, 0.2) is 5.82 Å². The molecule has 6 nitrogen and oxygen atoms in total. The maximum atomic E-state index is 8.74. The molecule has 0 saturated carbocycles. The van der Waals surface area contributed by atoms with Gasteiger partial charge in [-0.2, -0.15) is 4.98 Å². The summed E-state index contributed by atoms with van der Waals surface area (Å²) in [5.41, 5.74) is 0. The standard InChI is InChI=1S/C12H22N4O2/c1-15-6-7-16(2)10(9-15)12-13-11(18-14-12)5-3-4-8-17/h10,17H,3-9H2,1-2H3. The topological polar surface area (TPSA) is 65.6 Å². The van der Waals surface area contributed by atoms with Gasteiger partial charge in [0.25, 0.3) is 0 Å². The zero-order valence-electron chi connectivity index (χ0n) is 11.2. The van der Waals surface area contributed by atoms with Crippen LogP contribution in [-0.2, 0) is 6.42 Å². The number of aliphatic hydroxyl groups is 1. The van der Waals surface area contributed by atoms with E-state index in [0.29, 0.717) is 5.89 Å². The first-order valence-corrected chi connectivity index (χ1v) is 6.53. The van der Waals surface area contributed by atoms with E-state index in [2.05, 4.69) is 34.0 Å². The van der Waals surface area contributed by atoms with Crippen molar-refractivity contribution in [3.63, 3.8) is 0 Å². The third kappa shape index (κ3) is 3.28. The van der Waals surface area contributed by atoms with E-state index in [0.717, 1.165) is 44.7 Å². The van der Waals surface area contributed by atoms with Crippen LogP contribution in [0.4, 0.5) is 0 Å². The van der Waals surface area contributed by atoms with Crippen molar-refractivity contribution in [1.82, 2.24) is 19.9 Å². The smallest absolute Gasteiger partial charge is 0.226 e. The van der Waals surface area contributed by atoms with Crippen molar-refractivity contribution in [2.75, 3.05) is 40.3 Å². The van der Waals surface area contributed by atoms with E-state index in [1.54, 1.807) is 0 Å². The summed E-state index contributed by atoms with van der Waals surface area (Å²) < 4.78 is 5.26. The Kier molecular flexibility index (Phi) is 4.68. The Bertz CT molecular complexity index is 369. The molecule has 0 bridgehead atoms. The van der Waals surface area contributed by atoms with E-state index in [-0.39, 0.29) is 12.6 Å². The van der Waals surface area contributed by atoms with Crippen molar-refractivity contribution in [1.29, 1.82) is 0 Å². The predicted molar refractivity (Wildman–Crippen MR) is 67.2 cm³/mol. The highest BCUT2D eigenvalue weighted by atomic mass is 16.5. The Morgan fingerprint density at radius 1 is 1.33 bits per heavy atom. The number of aryl methyl sites for hydroxylation is 1. The minimum Gasteiger partial charge on any atom is -0.396 e. The molecule has 2 rings (SSSR count). The molecule has 0 amide bonds. The average molecular weight is 254 g/mol. The Balaban J connectivity index is 1.95. The number of piperazine rings is 1. The fourth-order valence-corrected chi connectivity index (χ4v) is 2.18. The fraction of sp³-hybridized carbons (Fsp3) is 0.833. The molecule has 6 heteroatoms. The fourth-order valence-electron chi connectivity index (χ4n) is 2.18. The van der Waals surface area contributed by atoms with E-state index >= 15 is 0 Å². The molecule has 0 aliphatic carbocycles. The number of hydrogen-bond acceptors (Lipinski definition) is 6. The van der Waals surface area contributed by atoms with Gasteiger partial charge < -0.3 is 14.5 Å². The lowest BCUT2D eigenvalue weighted by molar-refractivity contribution is 0.108. The second kappa shape index (κ2) is 6.26. The van der Waals surface area contributed by atoms with E-state index in [9.17, 15) is 0 Å².